The van der Waals surface area contributed by atoms with Crippen LogP contribution in [0.2, 0.25) is 0 Å². The number of aliphatic hydroxyl groups excluding tert-OH is 1. The van der Waals surface area contributed by atoms with Crippen molar-refractivity contribution in [2.45, 2.75) is 6.43 Å². The van der Waals surface area contributed by atoms with Crippen LogP contribution < -0.4 is 10.6 Å². The molecule has 0 aliphatic carbocycles. The number of nitrogen functional groups attached to an aromatic ring is 1. The number of rotatable bonds is 5. The summed E-state index contributed by atoms with van der Waals surface area (Å²) in [5.74, 6) is 0.119. The van der Waals surface area contributed by atoms with E-state index in [0.717, 1.165) is 4.90 Å². The molecular weight excluding hydrogens is 196 g/mol. The number of hydrogen-bond donors (Lipinski definition) is 3. The molecule has 80 valence electrons. The van der Waals surface area contributed by atoms with E-state index < -0.39 is 13.0 Å². The number of hydrogen-bond acceptors (Lipinski definition) is 5. The summed E-state index contributed by atoms with van der Waals surface area (Å²) >= 11 is 0. The summed E-state index contributed by atoms with van der Waals surface area (Å²) < 4.78 is 24.2. The minimum atomic E-state index is -2.51. The summed E-state index contributed by atoms with van der Waals surface area (Å²) in [5, 5.41) is 14.6. The number of nitrogens with two attached hydrogens (primary N) is 1. The lowest BCUT2D eigenvalue weighted by Gasteiger charge is -2.18. The summed E-state index contributed by atoms with van der Waals surface area (Å²) in [5.41, 5.74) is 5.24. The second-order valence-electron chi connectivity index (χ2n) is 2.58. The molecule has 0 fully saturated rings. The Morgan fingerprint density at radius 3 is 2.71 bits per heavy atom. The molecular formula is C6H11F2N5O. The third kappa shape index (κ3) is 2.80. The highest BCUT2D eigenvalue weighted by molar-refractivity contribution is 5.33. The second kappa shape index (κ2) is 4.70. The molecule has 0 unspecified atom stereocenters. The molecule has 6 nitrogen and oxygen atoms in total. The molecule has 0 aliphatic heterocycles. The van der Waals surface area contributed by atoms with Gasteiger partial charge >= 0.3 is 0 Å². The monoisotopic (exact) mass is 207 g/mol. The molecule has 1 heterocycles. The smallest absolute Gasteiger partial charge is 0.255 e. The minimum absolute atomic E-state index is 0.0433. The van der Waals surface area contributed by atoms with Gasteiger partial charge in [0, 0.05) is 6.54 Å². The molecule has 1 aromatic rings. The van der Waals surface area contributed by atoms with Crippen molar-refractivity contribution in [3.05, 3.63) is 0 Å². The van der Waals surface area contributed by atoms with Crippen molar-refractivity contribution in [2.24, 2.45) is 0 Å². The van der Waals surface area contributed by atoms with E-state index in [9.17, 15) is 8.78 Å². The summed E-state index contributed by atoms with van der Waals surface area (Å²) in [7, 11) is 0. The third-order valence-corrected chi connectivity index (χ3v) is 1.50. The summed E-state index contributed by atoms with van der Waals surface area (Å²) in [6, 6.07) is 0. The summed E-state index contributed by atoms with van der Waals surface area (Å²) in [4.78, 5) is 4.83. The number of aromatic amines is 1. The number of nitrogens with zero attached hydrogens (tertiary/aromatic N) is 3. The fourth-order valence-corrected chi connectivity index (χ4v) is 0.967. The van der Waals surface area contributed by atoms with Gasteiger partial charge in [0.1, 0.15) is 0 Å². The second-order valence-corrected chi connectivity index (χ2v) is 2.58. The van der Waals surface area contributed by atoms with E-state index in [1.165, 1.54) is 0 Å². The standard InChI is InChI=1S/C6H11F2N5O/c7-4(8)3-13(1-2-14)6-10-5(9)11-12-6/h4,14H,1-3H2,(H3,9,10,11,12). The summed E-state index contributed by atoms with van der Waals surface area (Å²) in [6.07, 6.45) is -2.51. The lowest BCUT2D eigenvalue weighted by molar-refractivity contribution is 0.152. The molecule has 1 aromatic heterocycles. The van der Waals surface area contributed by atoms with E-state index in [4.69, 9.17) is 10.8 Å². The van der Waals surface area contributed by atoms with Crippen LogP contribution in [0.1, 0.15) is 0 Å². The van der Waals surface area contributed by atoms with Gasteiger partial charge in [0.25, 0.3) is 6.43 Å². The number of aliphatic hydroxyl groups is 1. The lowest BCUT2D eigenvalue weighted by Crippen LogP contribution is -2.32. The van der Waals surface area contributed by atoms with Crippen molar-refractivity contribution >= 4 is 11.9 Å². The van der Waals surface area contributed by atoms with Crippen molar-refractivity contribution in [1.82, 2.24) is 15.2 Å². The largest absolute Gasteiger partial charge is 0.395 e. The van der Waals surface area contributed by atoms with Gasteiger partial charge in [0.2, 0.25) is 11.9 Å². The molecule has 1 rings (SSSR count). The van der Waals surface area contributed by atoms with Gasteiger partial charge in [-0.1, -0.05) is 0 Å². The van der Waals surface area contributed by atoms with E-state index in [0.29, 0.717) is 0 Å². The number of anilines is 2. The molecule has 0 saturated carbocycles. The molecule has 14 heavy (non-hydrogen) atoms. The predicted molar refractivity (Wildman–Crippen MR) is 46.1 cm³/mol. The van der Waals surface area contributed by atoms with Crippen LogP contribution in [-0.2, 0) is 0 Å². The maximum absolute atomic E-state index is 12.1. The van der Waals surface area contributed by atoms with Crippen molar-refractivity contribution in [1.29, 1.82) is 0 Å². The zero-order valence-electron chi connectivity index (χ0n) is 7.32. The number of aromatic nitrogens is 3. The van der Waals surface area contributed by atoms with Crippen LogP contribution in [0, 0.1) is 0 Å². The maximum atomic E-state index is 12.1. The molecule has 0 radical (unpaired) electrons. The summed E-state index contributed by atoms with van der Waals surface area (Å²) in [6.45, 7) is -0.735. The number of H-pyrrole nitrogens is 1. The van der Waals surface area contributed by atoms with E-state index >= 15 is 0 Å². The Labute approximate surface area is 78.7 Å². The SMILES string of the molecule is Nc1nc(N(CCO)CC(F)F)n[nH]1. The molecule has 0 spiro atoms. The van der Waals surface area contributed by atoms with Crippen LogP contribution >= 0.6 is 0 Å². The topological polar surface area (TPSA) is 91.1 Å². The van der Waals surface area contributed by atoms with Gasteiger partial charge in [0.05, 0.1) is 13.2 Å². The van der Waals surface area contributed by atoms with Crippen LogP contribution in [0.4, 0.5) is 20.7 Å². The lowest BCUT2D eigenvalue weighted by atomic mass is 10.5. The van der Waals surface area contributed by atoms with Gasteiger partial charge in [-0.2, -0.15) is 4.98 Å². The average Bonchev–Trinajstić information content (AvgIpc) is 2.50. The van der Waals surface area contributed by atoms with Gasteiger partial charge in [0.15, 0.2) is 0 Å². The fourth-order valence-electron chi connectivity index (χ4n) is 0.967. The van der Waals surface area contributed by atoms with E-state index in [2.05, 4.69) is 15.2 Å². The Balaban J connectivity index is 2.66. The van der Waals surface area contributed by atoms with Gasteiger partial charge in [-0.25, -0.2) is 13.9 Å². The van der Waals surface area contributed by atoms with Crippen molar-refractivity contribution in [2.75, 3.05) is 30.3 Å². The zero-order valence-corrected chi connectivity index (χ0v) is 7.32. The highest BCUT2D eigenvalue weighted by Crippen LogP contribution is 2.09. The molecule has 4 N–H and O–H groups in total. The Hall–Kier alpha value is -1.44. The highest BCUT2D eigenvalue weighted by Gasteiger charge is 2.15. The first-order valence-corrected chi connectivity index (χ1v) is 3.95. The molecule has 0 aromatic carbocycles. The van der Waals surface area contributed by atoms with Crippen LogP contribution in [-0.4, -0.2) is 46.4 Å². The highest BCUT2D eigenvalue weighted by atomic mass is 19.3. The third-order valence-electron chi connectivity index (χ3n) is 1.50. The van der Waals surface area contributed by atoms with Gasteiger partial charge in [-0.3, -0.25) is 0 Å². The number of halogens is 2. The molecule has 0 amide bonds. The fraction of sp³-hybridized carbons (Fsp3) is 0.667. The first kappa shape index (κ1) is 10.6. The Bertz CT molecular complexity index is 279. The van der Waals surface area contributed by atoms with Crippen LogP contribution in [0.15, 0.2) is 0 Å². The Morgan fingerprint density at radius 1 is 1.57 bits per heavy atom. The Kier molecular flexibility index (Phi) is 3.57. The Morgan fingerprint density at radius 2 is 2.29 bits per heavy atom. The maximum Gasteiger partial charge on any atom is 0.255 e. The van der Waals surface area contributed by atoms with Crippen molar-refractivity contribution in [3.63, 3.8) is 0 Å². The van der Waals surface area contributed by atoms with E-state index in [-0.39, 0.29) is 25.0 Å². The molecule has 0 atom stereocenters. The van der Waals surface area contributed by atoms with Crippen LogP contribution in [0.3, 0.4) is 0 Å². The van der Waals surface area contributed by atoms with Gasteiger partial charge in [-0.15, -0.1) is 5.10 Å². The van der Waals surface area contributed by atoms with Crippen molar-refractivity contribution in [3.8, 4) is 0 Å². The number of alkyl halides is 2. The molecule has 0 saturated heterocycles. The molecule has 0 bridgehead atoms. The minimum Gasteiger partial charge on any atom is -0.395 e. The molecule has 8 heteroatoms. The first-order valence-electron chi connectivity index (χ1n) is 3.95. The zero-order chi connectivity index (χ0) is 10.6. The number of nitrogens with one attached hydrogen (secondary N) is 1. The first-order chi connectivity index (χ1) is 6.63. The van der Waals surface area contributed by atoms with Crippen LogP contribution in [0.25, 0.3) is 0 Å². The van der Waals surface area contributed by atoms with E-state index in [1.807, 2.05) is 0 Å². The predicted octanol–water partition coefficient (Wildman–Crippen LogP) is -0.549. The average molecular weight is 207 g/mol. The van der Waals surface area contributed by atoms with Crippen LogP contribution in [0.5, 0.6) is 0 Å². The van der Waals surface area contributed by atoms with Gasteiger partial charge in [-0.05, 0) is 0 Å². The normalized spacial score (nSPS) is 10.9. The quantitative estimate of drug-likeness (QED) is 0.602. The van der Waals surface area contributed by atoms with Crippen molar-refractivity contribution < 1.29 is 13.9 Å². The van der Waals surface area contributed by atoms with E-state index in [1.54, 1.807) is 0 Å². The molecule has 0 aliphatic rings. The van der Waals surface area contributed by atoms with Gasteiger partial charge < -0.3 is 15.7 Å².